The van der Waals surface area contributed by atoms with Crippen LogP contribution in [0.3, 0.4) is 0 Å². The molecule has 0 N–H and O–H groups in total. The van der Waals surface area contributed by atoms with E-state index < -0.39 is 0 Å². The molecule has 2 heteroatoms. The van der Waals surface area contributed by atoms with E-state index in [2.05, 4.69) is 85.3 Å². The first-order valence-corrected chi connectivity index (χ1v) is 21.5. The normalized spacial score (nSPS) is 15.9. The molecule has 0 amide bonds. The van der Waals surface area contributed by atoms with Crippen molar-refractivity contribution in [3.8, 4) is 0 Å². The fourth-order valence-corrected chi connectivity index (χ4v) is 7.98. The summed E-state index contributed by atoms with van der Waals surface area (Å²) in [5.41, 5.74) is 4.25. The highest BCUT2D eigenvalue weighted by Crippen LogP contribution is 2.31. The van der Waals surface area contributed by atoms with Gasteiger partial charge in [-0.05, 0) is 36.8 Å². The van der Waals surface area contributed by atoms with Gasteiger partial charge >= 0.3 is 0 Å². The zero-order chi connectivity index (χ0) is 34.5. The number of nitrogens with zero attached hydrogens (tertiary/aromatic N) is 2. The summed E-state index contributed by atoms with van der Waals surface area (Å²) in [6, 6.07) is 22.3. The summed E-state index contributed by atoms with van der Waals surface area (Å²) in [7, 11) is 0. The van der Waals surface area contributed by atoms with E-state index >= 15 is 0 Å². The van der Waals surface area contributed by atoms with E-state index in [1.54, 1.807) is 0 Å². The molecular weight excluding hydrogens is 593 g/mol. The molecule has 0 saturated carbocycles. The molecule has 2 aromatic rings. The molecule has 0 spiro atoms. The Labute approximate surface area is 304 Å². The molecule has 0 aromatic heterocycles. The van der Waals surface area contributed by atoms with Crippen molar-refractivity contribution in [3.05, 3.63) is 71.8 Å². The van der Waals surface area contributed by atoms with Crippen LogP contribution in [0.4, 0.5) is 0 Å². The lowest BCUT2D eigenvalue weighted by molar-refractivity contribution is -0.605. The van der Waals surface area contributed by atoms with E-state index in [1.165, 1.54) is 184 Å². The number of rotatable bonds is 32. The van der Waals surface area contributed by atoms with E-state index in [0.29, 0.717) is 0 Å². The van der Waals surface area contributed by atoms with Crippen LogP contribution in [-0.4, -0.2) is 28.7 Å². The van der Waals surface area contributed by atoms with Crippen molar-refractivity contribution in [2.45, 2.75) is 206 Å². The van der Waals surface area contributed by atoms with E-state index in [9.17, 15) is 0 Å². The number of aliphatic imine (C=N–C) groups is 1. The Bertz CT molecular complexity index is 1100. The summed E-state index contributed by atoms with van der Waals surface area (Å²) in [6.07, 6.45) is 41.7. The van der Waals surface area contributed by atoms with Gasteiger partial charge in [0.05, 0.1) is 12.6 Å². The van der Waals surface area contributed by atoms with Gasteiger partial charge in [0.2, 0.25) is 0 Å². The van der Waals surface area contributed by atoms with Crippen molar-refractivity contribution in [2.24, 2.45) is 4.99 Å². The molecule has 3 rings (SSSR count). The molecular formula is C47H77N2+. The fraction of sp³-hybridized carbons (Fsp3) is 0.702. The van der Waals surface area contributed by atoms with Crippen LogP contribution in [-0.2, 0) is 12.8 Å². The fourth-order valence-electron chi connectivity index (χ4n) is 7.98. The van der Waals surface area contributed by atoms with Crippen LogP contribution in [0.2, 0.25) is 0 Å². The Morgan fingerprint density at radius 3 is 1.37 bits per heavy atom. The molecule has 1 atom stereocenters. The van der Waals surface area contributed by atoms with Gasteiger partial charge in [-0.1, -0.05) is 209 Å². The second kappa shape index (κ2) is 27.5. The topological polar surface area (TPSA) is 15.4 Å². The summed E-state index contributed by atoms with van der Waals surface area (Å²) >= 11 is 0. The zero-order valence-corrected chi connectivity index (χ0v) is 32.5. The standard InChI is InChI=1S/C47H77N2/c1-3-5-7-9-11-13-14-15-16-17-18-19-21-23-31-39-46-43-48-47(42-45-36-29-26-30-37-45,40-33-38-44-34-27-25-28-35-44)49(46)41-32-24-22-20-12-10-8-6-4-2/h25-30,34-37,43H,3-24,31-33,38-42H2,1-2H3/q+1. The zero-order valence-electron chi connectivity index (χ0n) is 32.5. The SMILES string of the molecule is CCCCCCCCCCCCCCCCCC1=[N+](CCCCCCCCCCC)C(CCCc2ccccc2)(Cc2ccccc2)N=C1. The van der Waals surface area contributed by atoms with Crippen LogP contribution in [0.25, 0.3) is 0 Å². The van der Waals surface area contributed by atoms with Crippen molar-refractivity contribution >= 4 is 11.9 Å². The molecule has 1 aliphatic heterocycles. The molecule has 2 aromatic carbocycles. The minimum Gasteiger partial charge on any atom is -0.216 e. The maximum absolute atomic E-state index is 5.47. The maximum atomic E-state index is 5.47. The van der Waals surface area contributed by atoms with Crippen molar-refractivity contribution in [1.29, 1.82) is 0 Å². The smallest absolute Gasteiger partial charge is 0.216 e. The van der Waals surface area contributed by atoms with Crippen molar-refractivity contribution in [3.63, 3.8) is 0 Å². The summed E-state index contributed by atoms with van der Waals surface area (Å²) in [6.45, 7) is 5.78. The van der Waals surface area contributed by atoms with E-state index in [4.69, 9.17) is 4.99 Å². The molecule has 0 fully saturated rings. The summed E-state index contributed by atoms with van der Waals surface area (Å²) in [4.78, 5) is 5.47. The van der Waals surface area contributed by atoms with Gasteiger partial charge in [0.15, 0.2) is 5.71 Å². The minimum atomic E-state index is -0.138. The number of unbranched alkanes of at least 4 members (excludes halogenated alkanes) is 22. The Hall–Kier alpha value is -2.22. The van der Waals surface area contributed by atoms with Gasteiger partial charge in [0.1, 0.15) is 6.54 Å². The molecule has 0 aliphatic carbocycles. The predicted molar refractivity (Wildman–Crippen MR) is 218 cm³/mol. The molecule has 2 nitrogen and oxygen atoms in total. The van der Waals surface area contributed by atoms with E-state index in [1.807, 2.05) is 0 Å². The molecule has 0 saturated heterocycles. The van der Waals surface area contributed by atoms with Gasteiger partial charge in [-0.15, -0.1) is 0 Å². The Balaban J connectivity index is 1.50. The van der Waals surface area contributed by atoms with Gasteiger partial charge in [0, 0.05) is 19.3 Å². The quantitative estimate of drug-likeness (QED) is 0.0544. The first-order chi connectivity index (χ1) is 24.3. The molecule has 274 valence electrons. The monoisotopic (exact) mass is 670 g/mol. The third-order valence-electron chi connectivity index (χ3n) is 11.0. The Kier molecular flexibility index (Phi) is 23.1. The van der Waals surface area contributed by atoms with Crippen molar-refractivity contribution < 1.29 is 4.58 Å². The second-order valence-corrected chi connectivity index (χ2v) is 15.4. The van der Waals surface area contributed by atoms with Crippen LogP contribution >= 0.6 is 0 Å². The van der Waals surface area contributed by atoms with Crippen LogP contribution in [0.5, 0.6) is 0 Å². The Morgan fingerprint density at radius 2 is 0.878 bits per heavy atom. The van der Waals surface area contributed by atoms with Gasteiger partial charge in [-0.2, -0.15) is 0 Å². The minimum absolute atomic E-state index is 0.138. The molecule has 1 heterocycles. The average molecular weight is 670 g/mol. The lowest BCUT2D eigenvalue weighted by atomic mass is 9.92. The van der Waals surface area contributed by atoms with Gasteiger partial charge in [-0.25, -0.2) is 9.57 Å². The second-order valence-electron chi connectivity index (χ2n) is 15.4. The lowest BCUT2D eigenvalue weighted by Crippen LogP contribution is -2.43. The third kappa shape index (κ3) is 18.0. The lowest BCUT2D eigenvalue weighted by Gasteiger charge is -2.26. The molecule has 49 heavy (non-hydrogen) atoms. The summed E-state index contributed by atoms with van der Waals surface area (Å²) in [5, 5.41) is 0. The van der Waals surface area contributed by atoms with Crippen LogP contribution in [0.1, 0.15) is 198 Å². The highest BCUT2D eigenvalue weighted by atomic mass is 15.3. The number of benzene rings is 2. The summed E-state index contributed by atoms with van der Waals surface area (Å²) < 4.78 is 2.80. The highest BCUT2D eigenvalue weighted by Gasteiger charge is 2.45. The Morgan fingerprint density at radius 1 is 0.449 bits per heavy atom. The number of aryl methyl sites for hydroxylation is 1. The first kappa shape index (κ1) is 41.2. The summed E-state index contributed by atoms with van der Waals surface area (Å²) in [5.74, 6) is 0. The van der Waals surface area contributed by atoms with Crippen LogP contribution < -0.4 is 0 Å². The van der Waals surface area contributed by atoms with E-state index in [-0.39, 0.29) is 5.66 Å². The van der Waals surface area contributed by atoms with Gasteiger partial charge < -0.3 is 0 Å². The third-order valence-corrected chi connectivity index (χ3v) is 11.0. The average Bonchev–Trinajstić information content (AvgIpc) is 3.46. The number of hydrogen-bond donors (Lipinski definition) is 0. The molecule has 0 radical (unpaired) electrons. The predicted octanol–water partition coefficient (Wildman–Crippen LogP) is 14.3. The van der Waals surface area contributed by atoms with Crippen molar-refractivity contribution in [1.82, 2.24) is 0 Å². The van der Waals surface area contributed by atoms with Crippen molar-refractivity contribution in [2.75, 3.05) is 6.54 Å². The van der Waals surface area contributed by atoms with Crippen LogP contribution in [0, 0.1) is 0 Å². The molecule has 1 aliphatic rings. The van der Waals surface area contributed by atoms with E-state index in [0.717, 1.165) is 25.8 Å². The molecule has 1 unspecified atom stereocenters. The van der Waals surface area contributed by atoms with Gasteiger partial charge in [0.25, 0.3) is 5.66 Å². The highest BCUT2D eigenvalue weighted by molar-refractivity contribution is 6.29. The molecule has 0 bridgehead atoms. The number of hydrogen-bond acceptors (Lipinski definition) is 1. The maximum Gasteiger partial charge on any atom is 0.259 e. The largest absolute Gasteiger partial charge is 0.259 e. The van der Waals surface area contributed by atoms with Crippen LogP contribution in [0.15, 0.2) is 65.7 Å². The van der Waals surface area contributed by atoms with Gasteiger partial charge in [-0.3, -0.25) is 0 Å². The first-order valence-electron chi connectivity index (χ1n) is 21.5.